The molecule has 0 saturated carbocycles. The number of nitrogens with one attached hydrogen (secondary N) is 2. The van der Waals surface area contributed by atoms with Crippen LogP contribution in [0.25, 0.3) is 0 Å². The van der Waals surface area contributed by atoms with Gasteiger partial charge < -0.3 is 15.4 Å². The van der Waals surface area contributed by atoms with Gasteiger partial charge in [0.15, 0.2) is 0 Å². The molecule has 2 aromatic carbocycles. The zero-order valence-electron chi connectivity index (χ0n) is 16.5. The van der Waals surface area contributed by atoms with Crippen LogP contribution in [0, 0.1) is 6.92 Å². The third kappa shape index (κ3) is 4.76. The number of rotatable bonds is 6. The summed E-state index contributed by atoms with van der Waals surface area (Å²) in [5.41, 5.74) is 4.35. The van der Waals surface area contributed by atoms with Crippen LogP contribution in [0.15, 0.2) is 54.7 Å². The maximum absolute atomic E-state index is 12.6. The summed E-state index contributed by atoms with van der Waals surface area (Å²) in [7, 11) is 1.32. The van der Waals surface area contributed by atoms with Crippen LogP contribution in [0.2, 0.25) is 0 Å². The third-order valence-electron chi connectivity index (χ3n) is 4.43. The average molecular weight is 390 g/mol. The molecule has 148 valence electrons. The van der Waals surface area contributed by atoms with Gasteiger partial charge in [0, 0.05) is 17.6 Å². The predicted molar refractivity (Wildman–Crippen MR) is 112 cm³/mol. The molecule has 0 atom stereocenters. The maximum atomic E-state index is 12.6. The van der Waals surface area contributed by atoms with Crippen LogP contribution in [0.5, 0.6) is 0 Å². The fourth-order valence-electron chi connectivity index (χ4n) is 2.86. The van der Waals surface area contributed by atoms with Crippen molar-refractivity contribution in [1.29, 1.82) is 0 Å². The lowest BCUT2D eigenvalue weighted by Crippen LogP contribution is -2.15. The first kappa shape index (κ1) is 20.0. The van der Waals surface area contributed by atoms with Crippen LogP contribution in [0.1, 0.15) is 38.9 Å². The lowest BCUT2D eigenvalue weighted by Gasteiger charge is -2.13. The zero-order chi connectivity index (χ0) is 20.8. The Labute approximate surface area is 169 Å². The van der Waals surface area contributed by atoms with E-state index in [1.165, 1.54) is 13.3 Å². The van der Waals surface area contributed by atoms with E-state index in [2.05, 4.69) is 32.3 Å². The highest BCUT2D eigenvalue weighted by atomic mass is 16.5. The second-order valence-corrected chi connectivity index (χ2v) is 6.38. The number of ether oxygens (including phenoxy) is 1. The molecule has 29 heavy (non-hydrogen) atoms. The summed E-state index contributed by atoms with van der Waals surface area (Å²) in [6.45, 7) is 4.09. The minimum absolute atomic E-state index is 0.228. The van der Waals surface area contributed by atoms with Gasteiger partial charge in [-0.15, -0.1) is 0 Å². The largest absolute Gasteiger partial charge is 0.465 e. The van der Waals surface area contributed by atoms with Gasteiger partial charge >= 0.3 is 5.97 Å². The Hall–Kier alpha value is -3.74. The Balaban J connectivity index is 1.75. The minimum atomic E-state index is -0.433. The third-order valence-corrected chi connectivity index (χ3v) is 4.43. The Morgan fingerprint density at radius 1 is 1.07 bits per heavy atom. The summed E-state index contributed by atoms with van der Waals surface area (Å²) >= 11 is 0. The van der Waals surface area contributed by atoms with E-state index in [1.807, 2.05) is 25.1 Å². The minimum Gasteiger partial charge on any atom is -0.465 e. The van der Waals surface area contributed by atoms with Crippen molar-refractivity contribution in [3.8, 4) is 0 Å². The van der Waals surface area contributed by atoms with Crippen molar-refractivity contribution in [2.45, 2.75) is 20.3 Å². The number of amides is 1. The molecule has 0 fully saturated rings. The number of methoxy groups -OCH3 is 1. The number of aryl methyl sites for hydroxylation is 2. The molecule has 7 heteroatoms. The van der Waals surface area contributed by atoms with Gasteiger partial charge in [-0.1, -0.05) is 25.1 Å². The normalized spacial score (nSPS) is 10.3. The Morgan fingerprint density at radius 2 is 1.83 bits per heavy atom. The van der Waals surface area contributed by atoms with Crippen LogP contribution in [0.3, 0.4) is 0 Å². The first-order valence-corrected chi connectivity index (χ1v) is 9.20. The summed E-state index contributed by atoms with van der Waals surface area (Å²) in [4.78, 5) is 32.6. The summed E-state index contributed by atoms with van der Waals surface area (Å²) < 4.78 is 4.66. The predicted octanol–water partition coefficient (Wildman–Crippen LogP) is 4.13. The molecule has 7 nitrogen and oxygen atoms in total. The summed E-state index contributed by atoms with van der Waals surface area (Å²) in [6, 6.07) is 14.0. The number of hydrogen-bond acceptors (Lipinski definition) is 6. The fraction of sp³-hybridized carbons (Fsp3) is 0.182. The number of carbonyl (C=O) groups excluding carboxylic acids is 2. The molecule has 1 amide bonds. The quantitative estimate of drug-likeness (QED) is 0.615. The van der Waals surface area contributed by atoms with E-state index in [0.717, 1.165) is 23.2 Å². The number of benzene rings is 2. The lowest BCUT2D eigenvalue weighted by atomic mass is 10.1. The molecule has 0 spiro atoms. The van der Waals surface area contributed by atoms with Crippen LogP contribution in [-0.4, -0.2) is 29.0 Å². The molecule has 0 aliphatic heterocycles. The van der Waals surface area contributed by atoms with E-state index in [9.17, 15) is 9.59 Å². The number of para-hydroxylation sites is 1. The maximum Gasteiger partial charge on any atom is 0.337 e. The van der Waals surface area contributed by atoms with E-state index >= 15 is 0 Å². The molecule has 1 aromatic heterocycles. The van der Waals surface area contributed by atoms with Crippen molar-refractivity contribution in [1.82, 2.24) is 9.97 Å². The van der Waals surface area contributed by atoms with Gasteiger partial charge in [-0.25, -0.2) is 14.8 Å². The molecule has 0 radical (unpaired) electrons. The molecular weight excluding hydrogens is 368 g/mol. The van der Waals surface area contributed by atoms with Crippen LogP contribution in [0.4, 0.5) is 17.3 Å². The molecule has 0 aliphatic rings. The second kappa shape index (κ2) is 8.97. The molecule has 3 rings (SSSR count). The summed E-state index contributed by atoms with van der Waals surface area (Å²) in [6.07, 6.45) is 2.40. The number of hydrogen-bond donors (Lipinski definition) is 2. The molecule has 0 bridgehead atoms. The topological polar surface area (TPSA) is 93.2 Å². The van der Waals surface area contributed by atoms with Crippen LogP contribution in [-0.2, 0) is 11.2 Å². The van der Waals surface area contributed by atoms with Crippen molar-refractivity contribution in [3.05, 3.63) is 77.1 Å². The fourth-order valence-corrected chi connectivity index (χ4v) is 2.86. The van der Waals surface area contributed by atoms with Gasteiger partial charge in [0.1, 0.15) is 5.69 Å². The standard InChI is InChI=1S/C22H22N4O3/c1-4-15-7-5-6-14(2)19(15)26-22-23-13-12-18(25-22)20(27)24-17-10-8-16(9-11-17)21(28)29-3/h5-13H,4H2,1-3H3,(H,24,27)(H,23,25,26). The van der Waals surface area contributed by atoms with Gasteiger partial charge in [-0.05, 0) is 54.8 Å². The van der Waals surface area contributed by atoms with Crippen molar-refractivity contribution in [3.63, 3.8) is 0 Å². The van der Waals surface area contributed by atoms with E-state index < -0.39 is 5.97 Å². The Morgan fingerprint density at radius 3 is 2.52 bits per heavy atom. The smallest absolute Gasteiger partial charge is 0.337 e. The molecular formula is C22H22N4O3. The Bertz CT molecular complexity index is 1030. The number of anilines is 3. The number of carbonyl (C=O) groups is 2. The highest BCUT2D eigenvalue weighted by Gasteiger charge is 2.12. The number of aromatic nitrogens is 2. The second-order valence-electron chi connectivity index (χ2n) is 6.38. The highest BCUT2D eigenvalue weighted by molar-refractivity contribution is 6.03. The molecule has 0 saturated heterocycles. The summed E-state index contributed by atoms with van der Waals surface area (Å²) in [5.74, 6) is -0.457. The van der Waals surface area contributed by atoms with Gasteiger partial charge in [0.25, 0.3) is 5.91 Å². The Kier molecular flexibility index (Phi) is 6.19. The van der Waals surface area contributed by atoms with Gasteiger partial charge in [-0.3, -0.25) is 4.79 Å². The SMILES string of the molecule is CCc1cccc(C)c1Nc1nccc(C(=O)Nc2ccc(C(=O)OC)cc2)n1. The molecule has 1 heterocycles. The first-order chi connectivity index (χ1) is 14.0. The van der Waals surface area contributed by atoms with Crippen LogP contribution >= 0.6 is 0 Å². The number of nitrogens with zero attached hydrogens (tertiary/aromatic N) is 2. The molecule has 3 aromatic rings. The van der Waals surface area contributed by atoms with Crippen molar-refractivity contribution < 1.29 is 14.3 Å². The lowest BCUT2D eigenvalue weighted by molar-refractivity contribution is 0.0600. The van der Waals surface area contributed by atoms with Crippen molar-refractivity contribution in [2.24, 2.45) is 0 Å². The van der Waals surface area contributed by atoms with Gasteiger partial charge in [0.05, 0.1) is 12.7 Å². The van der Waals surface area contributed by atoms with E-state index in [1.54, 1.807) is 30.3 Å². The van der Waals surface area contributed by atoms with E-state index in [-0.39, 0.29) is 11.6 Å². The molecule has 0 aliphatic carbocycles. The van der Waals surface area contributed by atoms with E-state index in [4.69, 9.17) is 0 Å². The molecule has 0 unspecified atom stereocenters. The highest BCUT2D eigenvalue weighted by Crippen LogP contribution is 2.24. The van der Waals surface area contributed by atoms with Crippen molar-refractivity contribution in [2.75, 3.05) is 17.7 Å². The van der Waals surface area contributed by atoms with Crippen molar-refractivity contribution >= 4 is 29.2 Å². The van der Waals surface area contributed by atoms with Gasteiger partial charge in [0.2, 0.25) is 5.95 Å². The first-order valence-electron chi connectivity index (χ1n) is 9.20. The number of esters is 1. The summed E-state index contributed by atoms with van der Waals surface area (Å²) in [5, 5.41) is 5.98. The van der Waals surface area contributed by atoms with Gasteiger partial charge in [-0.2, -0.15) is 0 Å². The molecule has 2 N–H and O–H groups in total. The zero-order valence-corrected chi connectivity index (χ0v) is 16.5. The average Bonchev–Trinajstić information content (AvgIpc) is 2.75. The monoisotopic (exact) mass is 390 g/mol. The van der Waals surface area contributed by atoms with E-state index in [0.29, 0.717) is 17.2 Å². The van der Waals surface area contributed by atoms with Crippen LogP contribution < -0.4 is 10.6 Å².